The van der Waals surface area contributed by atoms with E-state index in [-0.39, 0.29) is 12.8 Å². The summed E-state index contributed by atoms with van der Waals surface area (Å²) in [6.07, 6.45) is -11.5. The van der Waals surface area contributed by atoms with Crippen LogP contribution >= 0.6 is 0 Å². The Morgan fingerprint density at radius 2 is 1.40 bits per heavy atom. The predicted octanol–water partition coefficient (Wildman–Crippen LogP) is -3.43. The van der Waals surface area contributed by atoms with E-state index in [1.807, 2.05) is 10.6 Å². The zero-order valence-electron chi connectivity index (χ0n) is 44.3. The van der Waals surface area contributed by atoms with Gasteiger partial charge in [-0.3, -0.25) is 48.5 Å². The lowest BCUT2D eigenvalue weighted by Crippen LogP contribution is -2.64. The summed E-state index contributed by atoms with van der Waals surface area (Å²) in [5.41, 5.74) is 3.81. The minimum atomic E-state index is -2.60. The Morgan fingerprint density at radius 1 is 0.782 bits per heavy atom. The third-order valence-corrected chi connectivity index (χ3v) is 14.6. The first-order valence-corrected chi connectivity index (χ1v) is 26.5. The molecule has 0 saturated carbocycles. The van der Waals surface area contributed by atoms with Crippen LogP contribution < -0.4 is 32.3 Å². The first-order valence-electron chi connectivity index (χ1n) is 26.5. The number of hydrogen-bond donors (Lipinski definition) is 15. The number of primary amides is 1. The molecule has 0 bridgehead atoms. The molecule has 3 heterocycles. The Bertz CT molecular complexity index is 2280. The number of amides is 8. The van der Waals surface area contributed by atoms with Gasteiger partial charge in [-0.15, -0.1) is 0 Å². The third-order valence-electron chi connectivity index (χ3n) is 14.6. The van der Waals surface area contributed by atoms with Crippen molar-refractivity contribution in [2.24, 2.45) is 17.6 Å². The van der Waals surface area contributed by atoms with Gasteiger partial charge in [-0.2, -0.15) is 0 Å². The highest BCUT2D eigenvalue weighted by molar-refractivity contribution is 5.98. The van der Waals surface area contributed by atoms with Crippen molar-refractivity contribution in [2.75, 3.05) is 13.1 Å². The quantitative estimate of drug-likeness (QED) is 0.0324. The van der Waals surface area contributed by atoms with Gasteiger partial charge in [0.15, 0.2) is 12.0 Å². The van der Waals surface area contributed by atoms with Crippen molar-refractivity contribution in [1.29, 1.82) is 0 Å². The number of nitrogens with two attached hydrogens (primary N) is 1. The zero-order valence-corrected chi connectivity index (χ0v) is 44.3. The summed E-state index contributed by atoms with van der Waals surface area (Å²) in [6, 6.07) is -10.2. The van der Waals surface area contributed by atoms with Gasteiger partial charge in [0.05, 0.1) is 35.8 Å². The average Bonchev–Trinajstić information content (AvgIpc) is 3.97. The fourth-order valence-corrected chi connectivity index (χ4v) is 9.99. The number of benzene rings is 1. The highest BCUT2D eigenvalue weighted by Crippen LogP contribution is 2.31. The lowest BCUT2D eigenvalue weighted by atomic mass is 9.91. The Labute approximate surface area is 450 Å². The second-order valence-electron chi connectivity index (χ2n) is 21.0. The Hall–Kier alpha value is -6.14. The molecule has 0 aromatic heterocycles. The summed E-state index contributed by atoms with van der Waals surface area (Å²) < 4.78 is 0. The van der Waals surface area contributed by atoms with Crippen LogP contribution in [0.4, 0.5) is 5.69 Å². The van der Waals surface area contributed by atoms with E-state index in [0.29, 0.717) is 40.5 Å². The standard InChI is InChI=1S/C50H79N9O19/c1-5-24(2)18-25(3)12-10-8-6-7-9-11-13-37(67)52-29-21-35(65)46(72)56-48(74)41-33(63)16-17-57(41)50(76)39(34(64)22-36(51)66)54-47(73)40(43(69)42(68)27-14-15-32(62)30(19-27)59(77)78)55-45(71)31-20-28(61)23-58(31)49(75)38(26(4)60)53-44(29)70/h14-15,19,24-26,28-29,31,33-35,38-43,46,60-65,68-69,72H,5-13,16-18,20-23H2,1-4H3,(H2,51,66)(H,52,67)(H,53,70)(H,54,73)(H,55,71)(H,56,74)/t24-,25+,26+,28+,29-,31-,33-,34+,35+,38-,39-,40-,41-,42-,43-,46+/m0/s1. The van der Waals surface area contributed by atoms with Crippen LogP contribution in [-0.4, -0.2) is 200 Å². The lowest BCUT2D eigenvalue weighted by molar-refractivity contribution is -0.386. The van der Waals surface area contributed by atoms with Crippen molar-refractivity contribution in [3.63, 3.8) is 0 Å². The summed E-state index contributed by atoms with van der Waals surface area (Å²) in [4.78, 5) is 123. The molecule has 16 N–H and O–H groups in total. The van der Waals surface area contributed by atoms with Crippen LogP contribution in [0.5, 0.6) is 5.75 Å². The fourth-order valence-electron chi connectivity index (χ4n) is 9.99. The van der Waals surface area contributed by atoms with E-state index < -0.39 is 187 Å². The predicted molar refractivity (Wildman–Crippen MR) is 272 cm³/mol. The number of nitro groups is 1. The molecule has 4 rings (SSSR count). The fraction of sp³-hybridized carbons (Fsp3) is 0.720. The maximum atomic E-state index is 14.4. The first kappa shape index (κ1) is 64.4. The van der Waals surface area contributed by atoms with Crippen molar-refractivity contribution in [3.8, 4) is 5.75 Å². The van der Waals surface area contributed by atoms with Crippen LogP contribution in [-0.2, 0) is 38.4 Å². The van der Waals surface area contributed by atoms with Crippen molar-refractivity contribution in [2.45, 2.75) is 203 Å². The number of nitrogens with one attached hydrogen (secondary N) is 5. The maximum absolute atomic E-state index is 14.4. The molecule has 0 unspecified atom stereocenters. The molecule has 3 aliphatic heterocycles. The van der Waals surface area contributed by atoms with E-state index >= 15 is 0 Å². The van der Waals surface area contributed by atoms with Crippen molar-refractivity contribution >= 4 is 52.9 Å². The van der Waals surface area contributed by atoms with Gasteiger partial charge in [-0.25, -0.2) is 0 Å². The molecule has 3 fully saturated rings. The molecule has 0 spiro atoms. The highest BCUT2D eigenvalue weighted by Gasteiger charge is 2.49. The van der Waals surface area contributed by atoms with E-state index in [1.165, 1.54) is 6.42 Å². The maximum Gasteiger partial charge on any atom is 0.311 e. The number of rotatable bonds is 21. The van der Waals surface area contributed by atoms with Crippen LogP contribution in [0.1, 0.15) is 129 Å². The van der Waals surface area contributed by atoms with Crippen LogP contribution in [0.2, 0.25) is 0 Å². The number of phenolic OH excluding ortho intramolecular Hbond substituents is 1. The lowest BCUT2D eigenvalue weighted by Gasteiger charge is -2.34. The molecule has 28 heteroatoms. The second kappa shape index (κ2) is 29.7. The number of carbonyl (C=O) groups is 8. The van der Waals surface area contributed by atoms with Crippen molar-refractivity contribution in [3.05, 3.63) is 33.9 Å². The molecule has 8 amide bonds. The smallest absolute Gasteiger partial charge is 0.311 e. The van der Waals surface area contributed by atoms with E-state index in [4.69, 9.17) is 5.73 Å². The number of nitrogens with zero attached hydrogens (tertiary/aromatic N) is 3. The van der Waals surface area contributed by atoms with Gasteiger partial charge in [-0.05, 0) is 49.7 Å². The molecule has 1 aromatic carbocycles. The van der Waals surface area contributed by atoms with E-state index in [9.17, 15) is 94.4 Å². The average molecular weight is 1110 g/mol. The van der Waals surface area contributed by atoms with Gasteiger partial charge in [-0.1, -0.05) is 71.8 Å². The van der Waals surface area contributed by atoms with Crippen molar-refractivity contribution < 1.29 is 89.2 Å². The highest BCUT2D eigenvalue weighted by atomic mass is 16.6. The number of hydrogen-bond acceptors (Lipinski definition) is 19. The molecular formula is C50H79N9O19. The number of phenols is 1. The van der Waals surface area contributed by atoms with Crippen LogP contribution in [0.25, 0.3) is 0 Å². The molecule has 78 heavy (non-hydrogen) atoms. The molecule has 16 atom stereocenters. The molecule has 0 aliphatic carbocycles. The van der Waals surface area contributed by atoms with Crippen molar-refractivity contribution in [1.82, 2.24) is 36.4 Å². The molecular weight excluding hydrogens is 1030 g/mol. The Kier molecular flexibility index (Phi) is 24.5. The monoisotopic (exact) mass is 1110 g/mol. The summed E-state index contributed by atoms with van der Waals surface area (Å²) in [6.45, 7) is 6.57. The van der Waals surface area contributed by atoms with E-state index in [0.717, 1.165) is 57.6 Å². The molecule has 3 aliphatic rings. The van der Waals surface area contributed by atoms with Gasteiger partial charge >= 0.3 is 5.69 Å². The number of unbranched alkanes of at least 4 members (excludes halogenated alkanes) is 5. The molecule has 3 saturated heterocycles. The normalized spacial score (nSPS) is 28.3. The number of fused-ring (bicyclic) bond motifs is 2. The number of nitro benzene ring substituents is 1. The Balaban J connectivity index is 1.72. The minimum absolute atomic E-state index is 0.107. The third kappa shape index (κ3) is 17.7. The Morgan fingerprint density at radius 3 is 2.03 bits per heavy atom. The summed E-state index contributed by atoms with van der Waals surface area (Å²) in [5.74, 6) is -9.78. The topological polar surface area (TPSA) is 454 Å². The van der Waals surface area contributed by atoms with E-state index in [2.05, 4.69) is 36.7 Å². The number of carbonyl (C=O) groups excluding carboxylic acids is 8. The van der Waals surface area contributed by atoms with Gasteiger partial charge in [0.1, 0.15) is 54.6 Å². The van der Waals surface area contributed by atoms with Gasteiger partial charge in [0.25, 0.3) is 0 Å². The molecule has 438 valence electrons. The molecule has 28 nitrogen and oxygen atoms in total. The van der Waals surface area contributed by atoms with Gasteiger partial charge in [0, 0.05) is 38.4 Å². The minimum Gasteiger partial charge on any atom is -0.502 e. The zero-order chi connectivity index (χ0) is 58.3. The summed E-state index contributed by atoms with van der Waals surface area (Å²) >= 11 is 0. The number of aliphatic hydroxyl groups excluding tert-OH is 8. The van der Waals surface area contributed by atoms with Crippen LogP contribution in [0.15, 0.2) is 18.2 Å². The summed E-state index contributed by atoms with van der Waals surface area (Å²) in [5, 5.41) is 122. The van der Waals surface area contributed by atoms with Crippen LogP contribution in [0.3, 0.4) is 0 Å². The number of aliphatic hydroxyl groups is 8. The van der Waals surface area contributed by atoms with Gasteiger partial charge in [0.2, 0.25) is 47.3 Å². The van der Waals surface area contributed by atoms with Gasteiger partial charge < -0.3 is 88.1 Å². The summed E-state index contributed by atoms with van der Waals surface area (Å²) in [7, 11) is 0. The molecule has 1 aromatic rings. The second-order valence-corrected chi connectivity index (χ2v) is 21.0. The largest absolute Gasteiger partial charge is 0.502 e. The van der Waals surface area contributed by atoms with Crippen LogP contribution in [0, 0.1) is 22.0 Å². The molecule has 0 radical (unpaired) electrons. The number of aromatic hydroxyl groups is 1. The SMILES string of the molecule is CC[C@H](C)C[C@H](C)CCCCCCCCC(=O)N[C@H]1C[C@@H](O)[C@@H](O)NC(=O)[C@@H]2[C@@H](O)CCN2C(=O)[C@H]([C@H](O)CC(N)=O)NC(=O)[C@H]([C@H](O)[C@@H](O)c2ccc(O)c([N+](=O)[O-])c2)NC(=O)[C@@H]2C[C@@H](O)CN2C(=O)[C@H]([C@@H](C)O)NC1=O. The first-order chi connectivity index (χ1) is 36.7. The van der Waals surface area contributed by atoms with E-state index in [1.54, 1.807) is 0 Å².